The number of benzene rings is 2. The van der Waals surface area contributed by atoms with Gasteiger partial charge in [-0.3, -0.25) is 15.6 Å². The van der Waals surface area contributed by atoms with Crippen LogP contribution in [0.5, 0.6) is 0 Å². The van der Waals surface area contributed by atoms with Crippen LogP contribution >= 0.6 is 24.0 Å². The molecule has 0 unspecified atom stereocenters. The first-order valence-corrected chi connectivity index (χ1v) is 9.86. The molecule has 3 aromatic rings. The van der Waals surface area contributed by atoms with Gasteiger partial charge in [0.15, 0.2) is 5.11 Å². The van der Waals surface area contributed by atoms with Gasteiger partial charge in [0.1, 0.15) is 0 Å². The van der Waals surface area contributed by atoms with E-state index < -0.39 is 0 Å². The number of hydrogen-bond acceptors (Lipinski definition) is 6. The molecule has 8 nitrogen and oxygen atoms in total. The Morgan fingerprint density at radius 3 is 2.64 bits per heavy atom. The lowest BCUT2D eigenvalue weighted by atomic mass is 10.2. The normalized spacial score (nSPS) is 10.3. The van der Waals surface area contributed by atoms with Gasteiger partial charge in [0.2, 0.25) is 11.1 Å². The van der Waals surface area contributed by atoms with Gasteiger partial charge in [-0.1, -0.05) is 60.3 Å². The smallest absolute Gasteiger partial charge is 0.248 e. The van der Waals surface area contributed by atoms with Gasteiger partial charge >= 0.3 is 0 Å². The fraction of sp³-hybridized carbons (Fsp3) is 0.167. The molecule has 0 radical (unpaired) electrons. The van der Waals surface area contributed by atoms with Crippen molar-refractivity contribution in [2.75, 3.05) is 5.75 Å². The van der Waals surface area contributed by atoms with E-state index in [2.05, 4.69) is 31.7 Å². The molecule has 0 aliphatic rings. The summed E-state index contributed by atoms with van der Waals surface area (Å²) in [5, 5.41) is 15.6. The molecule has 0 saturated carbocycles. The third-order valence-corrected chi connectivity index (χ3v) is 4.89. The summed E-state index contributed by atoms with van der Waals surface area (Å²) >= 11 is 6.39. The highest BCUT2D eigenvalue weighted by Gasteiger charge is 2.12. The van der Waals surface area contributed by atoms with Crippen LogP contribution in [-0.4, -0.2) is 37.0 Å². The zero-order valence-corrected chi connectivity index (χ0v) is 16.8. The van der Waals surface area contributed by atoms with E-state index in [1.54, 1.807) is 4.68 Å². The Labute approximate surface area is 172 Å². The van der Waals surface area contributed by atoms with Crippen LogP contribution in [0.1, 0.15) is 11.1 Å². The lowest BCUT2D eigenvalue weighted by molar-refractivity contribution is -0.119. The average Bonchev–Trinajstić information content (AvgIpc) is 3.18. The third-order valence-electron chi connectivity index (χ3n) is 3.73. The minimum Gasteiger partial charge on any atom is -0.357 e. The highest BCUT2D eigenvalue weighted by molar-refractivity contribution is 7.99. The Hall–Kier alpha value is -2.98. The largest absolute Gasteiger partial charge is 0.357 e. The van der Waals surface area contributed by atoms with E-state index in [0.717, 1.165) is 16.8 Å². The summed E-state index contributed by atoms with van der Waals surface area (Å²) in [4.78, 5) is 12.1. The van der Waals surface area contributed by atoms with Crippen molar-refractivity contribution in [3.63, 3.8) is 0 Å². The summed E-state index contributed by atoms with van der Waals surface area (Å²) in [6.45, 7) is 2.55. The maximum Gasteiger partial charge on any atom is 0.248 e. The molecule has 1 heterocycles. The van der Waals surface area contributed by atoms with E-state index >= 15 is 0 Å². The molecule has 0 aliphatic heterocycles. The first-order chi connectivity index (χ1) is 13.6. The Bertz CT molecular complexity index is 946. The van der Waals surface area contributed by atoms with E-state index in [-0.39, 0.29) is 11.7 Å². The zero-order valence-electron chi connectivity index (χ0n) is 15.1. The maximum atomic E-state index is 12.1. The van der Waals surface area contributed by atoms with Gasteiger partial charge in [0.25, 0.3) is 0 Å². The van der Waals surface area contributed by atoms with Crippen LogP contribution < -0.4 is 16.2 Å². The second-order valence-corrected chi connectivity index (χ2v) is 7.14. The Morgan fingerprint density at radius 1 is 1.11 bits per heavy atom. The quantitative estimate of drug-likeness (QED) is 0.320. The minimum atomic E-state index is -0.242. The Morgan fingerprint density at radius 2 is 1.86 bits per heavy atom. The van der Waals surface area contributed by atoms with Crippen LogP contribution in [0.3, 0.4) is 0 Å². The molecule has 2 aromatic carbocycles. The number of amides is 1. The van der Waals surface area contributed by atoms with E-state index in [4.69, 9.17) is 12.2 Å². The summed E-state index contributed by atoms with van der Waals surface area (Å²) in [5.41, 5.74) is 8.26. The van der Waals surface area contributed by atoms with Crippen molar-refractivity contribution in [1.29, 1.82) is 0 Å². The van der Waals surface area contributed by atoms with Gasteiger partial charge in [-0.25, -0.2) is 0 Å². The third kappa shape index (κ3) is 5.51. The number of rotatable bonds is 6. The molecule has 3 rings (SSSR count). The van der Waals surface area contributed by atoms with Gasteiger partial charge in [0.05, 0.1) is 11.4 Å². The summed E-state index contributed by atoms with van der Waals surface area (Å²) in [6, 6.07) is 17.6. The first-order valence-electron chi connectivity index (χ1n) is 8.47. The number of carbonyl (C=O) groups is 1. The zero-order chi connectivity index (χ0) is 19.8. The van der Waals surface area contributed by atoms with E-state index in [1.807, 2.05) is 61.5 Å². The molecule has 0 spiro atoms. The second kappa shape index (κ2) is 9.81. The number of hydrogen-bond donors (Lipinski definition) is 3. The molecule has 0 atom stereocenters. The minimum absolute atomic E-state index is 0.139. The van der Waals surface area contributed by atoms with Gasteiger partial charge in [-0.2, -0.15) is 4.68 Å². The predicted octanol–water partition coefficient (Wildman–Crippen LogP) is 1.76. The summed E-state index contributed by atoms with van der Waals surface area (Å²) in [7, 11) is 0. The lowest BCUT2D eigenvalue weighted by Gasteiger charge is -2.11. The predicted molar refractivity (Wildman–Crippen MR) is 112 cm³/mol. The standard InChI is InChI=1S/C18H19N7OS2/c1-13-7-5-6-10-15(13)25-18(22-23-24-25)28-12-16(26)20-21-17(27)19-11-14-8-3-2-4-9-14/h2-10H,11-12H2,1H3,(H,20,26)(H2,19,21,27). The van der Waals surface area contributed by atoms with Crippen molar-refractivity contribution in [3.05, 3.63) is 65.7 Å². The van der Waals surface area contributed by atoms with Crippen molar-refractivity contribution in [1.82, 2.24) is 36.4 Å². The number of aryl methyl sites for hydroxylation is 1. The summed E-state index contributed by atoms with van der Waals surface area (Å²) in [6.07, 6.45) is 0. The number of thioether (sulfide) groups is 1. The van der Waals surface area contributed by atoms with Crippen molar-refractivity contribution < 1.29 is 4.79 Å². The maximum absolute atomic E-state index is 12.1. The van der Waals surface area contributed by atoms with Crippen molar-refractivity contribution >= 4 is 35.0 Å². The van der Waals surface area contributed by atoms with Crippen LogP contribution in [0.25, 0.3) is 5.69 Å². The van der Waals surface area contributed by atoms with E-state index in [0.29, 0.717) is 16.8 Å². The van der Waals surface area contributed by atoms with Gasteiger partial charge in [0, 0.05) is 6.54 Å². The fourth-order valence-corrected chi connectivity index (χ4v) is 3.14. The van der Waals surface area contributed by atoms with Crippen LogP contribution in [-0.2, 0) is 11.3 Å². The van der Waals surface area contributed by atoms with E-state index in [9.17, 15) is 4.79 Å². The number of thiocarbonyl (C=S) groups is 1. The van der Waals surface area contributed by atoms with Gasteiger partial charge < -0.3 is 5.32 Å². The van der Waals surface area contributed by atoms with Crippen molar-refractivity contribution in [3.8, 4) is 5.69 Å². The number of para-hydroxylation sites is 1. The molecule has 28 heavy (non-hydrogen) atoms. The molecule has 0 fully saturated rings. The first kappa shape index (κ1) is 19.8. The monoisotopic (exact) mass is 413 g/mol. The van der Waals surface area contributed by atoms with Crippen LogP contribution in [0, 0.1) is 6.92 Å². The SMILES string of the molecule is Cc1ccccc1-n1nnnc1SCC(=O)NNC(=S)NCc1ccccc1. The molecule has 0 bridgehead atoms. The molecule has 0 saturated heterocycles. The highest BCUT2D eigenvalue weighted by atomic mass is 32.2. The fourth-order valence-electron chi connectivity index (χ4n) is 2.34. The number of nitrogens with zero attached hydrogens (tertiary/aromatic N) is 4. The van der Waals surface area contributed by atoms with Crippen molar-refractivity contribution in [2.24, 2.45) is 0 Å². The molecule has 1 aromatic heterocycles. The van der Waals surface area contributed by atoms with E-state index in [1.165, 1.54) is 11.8 Å². The highest BCUT2D eigenvalue weighted by Crippen LogP contribution is 2.19. The number of hydrazine groups is 1. The Balaban J connectivity index is 1.45. The number of tetrazole rings is 1. The lowest BCUT2D eigenvalue weighted by Crippen LogP contribution is -2.47. The number of nitrogens with one attached hydrogen (secondary N) is 3. The molecule has 1 amide bonds. The molecule has 0 aliphatic carbocycles. The topological polar surface area (TPSA) is 96.8 Å². The summed E-state index contributed by atoms with van der Waals surface area (Å²) in [5.74, 6) is -0.103. The van der Waals surface area contributed by atoms with Crippen LogP contribution in [0.4, 0.5) is 0 Å². The molecule has 3 N–H and O–H groups in total. The van der Waals surface area contributed by atoms with Crippen LogP contribution in [0.2, 0.25) is 0 Å². The number of carbonyl (C=O) groups excluding carboxylic acids is 1. The number of aromatic nitrogens is 4. The molecule has 10 heteroatoms. The second-order valence-electron chi connectivity index (χ2n) is 5.79. The van der Waals surface area contributed by atoms with Gasteiger partial charge in [-0.05, 0) is 46.8 Å². The molecular weight excluding hydrogens is 394 g/mol. The molecule has 144 valence electrons. The Kier molecular flexibility index (Phi) is 6.93. The van der Waals surface area contributed by atoms with Gasteiger partial charge in [-0.15, -0.1) is 5.10 Å². The average molecular weight is 414 g/mol. The summed E-state index contributed by atoms with van der Waals surface area (Å²) < 4.78 is 1.62. The van der Waals surface area contributed by atoms with Crippen LogP contribution in [0.15, 0.2) is 59.8 Å². The molecular formula is C18H19N7OS2. The van der Waals surface area contributed by atoms with Crippen molar-refractivity contribution in [2.45, 2.75) is 18.6 Å².